The summed E-state index contributed by atoms with van der Waals surface area (Å²) >= 11 is 0. The van der Waals surface area contributed by atoms with Crippen molar-refractivity contribution in [2.75, 3.05) is 11.9 Å². The largest absolute Gasteiger partial charge is 0.371 e. The average molecular weight is 243 g/mol. The Labute approximate surface area is 109 Å². The van der Waals surface area contributed by atoms with Crippen molar-refractivity contribution in [1.29, 1.82) is 0 Å². The molecule has 1 aromatic carbocycles. The fourth-order valence-corrected chi connectivity index (χ4v) is 2.72. The zero-order valence-corrected chi connectivity index (χ0v) is 11.8. The lowest BCUT2D eigenvalue weighted by Gasteiger charge is -2.28. The molecule has 2 nitrogen and oxygen atoms in total. The number of carbonyl (C=O) groups is 1. The Morgan fingerprint density at radius 3 is 2.67 bits per heavy atom. The maximum Gasteiger partial charge on any atom is 0.143 e. The predicted molar refractivity (Wildman–Crippen MR) is 77.0 cm³/mol. The van der Waals surface area contributed by atoms with Gasteiger partial charge in [0.2, 0.25) is 0 Å². The van der Waals surface area contributed by atoms with Crippen LogP contribution in [0.3, 0.4) is 0 Å². The number of anilines is 1. The third-order valence-electron chi connectivity index (χ3n) is 4.47. The fourth-order valence-electron chi connectivity index (χ4n) is 2.72. The monoisotopic (exact) mass is 243 g/mol. The number of aldehydes is 1. The van der Waals surface area contributed by atoms with Gasteiger partial charge in [-0.1, -0.05) is 19.9 Å². The van der Waals surface area contributed by atoms with E-state index in [0.29, 0.717) is 6.04 Å². The van der Waals surface area contributed by atoms with Gasteiger partial charge in [-0.3, -0.25) is 4.79 Å². The second kappa shape index (κ2) is 4.27. The van der Waals surface area contributed by atoms with Crippen LogP contribution < -0.4 is 4.90 Å². The molecule has 18 heavy (non-hydrogen) atoms. The molecule has 2 heteroatoms. The van der Waals surface area contributed by atoms with Crippen molar-refractivity contribution in [2.45, 2.75) is 39.2 Å². The Morgan fingerprint density at radius 2 is 2.06 bits per heavy atom. The van der Waals surface area contributed by atoms with Gasteiger partial charge in [0.1, 0.15) is 6.29 Å². The minimum absolute atomic E-state index is 0.140. The van der Waals surface area contributed by atoms with E-state index in [-0.39, 0.29) is 5.41 Å². The van der Waals surface area contributed by atoms with Crippen LogP contribution in [0.5, 0.6) is 0 Å². The number of hydrogen-bond acceptors (Lipinski definition) is 2. The summed E-state index contributed by atoms with van der Waals surface area (Å²) in [5.74, 6) is 0. The maximum atomic E-state index is 10.6. The summed E-state index contributed by atoms with van der Waals surface area (Å²) in [5, 5.41) is 0. The van der Waals surface area contributed by atoms with E-state index in [9.17, 15) is 4.79 Å². The number of carbonyl (C=O) groups excluding carboxylic acids is 1. The zero-order chi connectivity index (χ0) is 13.5. The molecule has 0 spiro atoms. The summed E-state index contributed by atoms with van der Waals surface area (Å²) in [7, 11) is 2.14. The van der Waals surface area contributed by atoms with Gasteiger partial charge in [0, 0.05) is 24.2 Å². The zero-order valence-electron chi connectivity index (χ0n) is 11.8. The highest BCUT2D eigenvalue weighted by molar-refractivity contribution is 5.82. The van der Waals surface area contributed by atoms with E-state index >= 15 is 0 Å². The number of rotatable bonds is 2. The minimum atomic E-state index is 0.140. The third-order valence-corrected chi connectivity index (χ3v) is 4.47. The Bertz CT molecular complexity index is 514. The highest BCUT2D eigenvalue weighted by atomic mass is 16.1. The molecule has 96 valence electrons. The fraction of sp³-hybridized carbons (Fsp3) is 0.438. The van der Waals surface area contributed by atoms with E-state index in [0.717, 1.165) is 17.4 Å². The molecule has 0 amide bonds. The first kappa shape index (κ1) is 12.9. The third kappa shape index (κ3) is 1.76. The van der Waals surface area contributed by atoms with Gasteiger partial charge in [0.25, 0.3) is 0 Å². The van der Waals surface area contributed by atoms with Gasteiger partial charge in [-0.15, -0.1) is 0 Å². The molecule has 0 saturated heterocycles. The van der Waals surface area contributed by atoms with Gasteiger partial charge in [-0.25, -0.2) is 0 Å². The number of hydrogen-bond donors (Lipinski definition) is 0. The van der Waals surface area contributed by atoms with Crippen LogP contribution in [0.15, 0.2) is 24.3 Å². The summed E-state index contributed by atoms with van der Waals surface area (Å²) in [5.41, 5.74) is 4.97. The van der Waals surface area contributed by atoms with Gasteiger partial charge >= 0.3 is 0 Å². The van der Waals surface area contributed by atoms with Crippen LogP contribution in [-0.4, -0.2) is 19.4 Å². The highest BCUT2D eigenvalue weighted by Crippen LogP contribution is 2.44. The molecule has 1 atom stereocenters. The molecule has 1 aromatic rings. The van der Waals surface area contributed by atoms with Crippen LogP contribution in [0.25, 0.3) is 5.57 Å². The Balaban J connectivity index is 2.55. The number of likely N-dealkylation sites (N-methyl/N-ethyl adjacent to an activating group) is 1. The van der Waals surface area contributed by atoms with E-state index in [1.807, 2.05) is 6.92 Å². The van der Waals surface area contributed by atoms with Crippen molar-refractivity contribution >= 4 is 17.5 Å². The van der Waals surface area contributed by atoms with Crippen LogP contribution in [-0.2, 0) is 10.2 Å². The molecular formula is C16H21NO. The molecule has 0 saturated carbocycles. The molecule has 1 heterocycles. The first-order chi connectivity index (χ1) is 8.39. The van der Waals surface area contributed by atoms with Gasteiger partial charge in [-0.05, 0) is 48.8 Å². The molecule has 0 aromatic heterocycles. The predicted octanol–water partition coefficient (Wildman–Crippen LogP) is 3.40. The second-order valence-electron chi connectivity index (χ2n) is 5.73. The summed E-state index contributed by atoms with van der Waals surface area (Å²) in [6.07, 6.45) is 2.47. The van der Waals surface area contributed by atoms with Crippen LogP contribution in [0, 0.1) is 0 Å². The molecule has 0 bridgehead atoms. The second-order valence-corrected chi connectivity index (χ2v) is 5.73. The standard InChI is InChI=1S/C16H21NO/c1-11(8-9-18)13-6-7-15-14(10-13)16(3,4)12(2)17(15)5/h6-10,12H,1-5H3/b11-8+. The lowest BCUT2D eigenvalue weighted by Crippen LogP contribution is -2.36. The molecule has 1 aliphatic heterocycles. The number of benzene rings is 1. The summed E-state index contributed by atoms with van der Waals surface area (Å²) < 4.78 is 0. The van der Waals surface area contributed by atoms with E-state index in [4.69, 9.17) is 0 Å². The summed E-state index contributed by atoms with van der Waals surface area (Å²) in [6.45, 7) is 8.80. The SMILES string of the molecule is C/C(=C\C=O)c1ccc2c(c1)C(C)(C)C(C)N2C. The van der Waals surface area contributed by atoms with Crippen molar-refractivity contribution in [3.8, 4) is 0 Å². The molecular weight excluding hydrogens is 222 g/mol. The van der Waals surface area contributed by atoms with Crippen molar-refractivity contribution in [3.63, 3.8) is 0 Å². The smallest absolute Gasteiger partial charge is 0.143 e. The molecule has 1 aliphatic rings. The van der Waals surface area contributed by atoms with Gasteiger partial charge in [-0.2, -0.15) is 0 Å². The molecule has 0 fully saturated rings. The highest BCUT2D eigenvalue weighted by Gasteiger charge is 2.40. The Hall–Kier alpha value is -1.57. The topological polar surface area (TPSA) is 20.3 Å². The summed E-state index contributed by atoms with van der Waals surface area (Å²) in [4.78, 5) is 12.9. The van der Waals surface area contributed by atoms with E-state index in [2.05, 4.69) is 50.9 Å². The van der Waals surface area contributed by atoms with Gasteiger partial charge in [0.15, 0.2) is 0 Å². The van der Waals surface area contributed by atoms with Crippen molar-refractivity contribution < 1.29 is 4.79 Å². The lowest BCUT2D eigenvalue weighted by molar-refractivity contribution is -0.104. The van der Waals surface area contributed by atoms with E-state index in [1.54, 1.807) is 6.08 Å². The first-order valence-corrected chi connectivity index (χ1v) is 6.39. The van der Waals surface area contributed by atoms with E-state index < -0.39 is 0 Å². The van der Waals surface area contributed by atoms with Crippen LogP contribution >= 0.6 is 0 Å². The van der Waals surface area contributed by atoms with E-state index in [1.165, 1.54) is 11.3 Å². The average Bonchev–Trinajstić information content (AvgIpc) is 2.51. The van der Waals surface area contributed by atoms with Gasteiger partial charge < -0.3 is 4.90 Å². The minimum Gasteiger partial charge on any atom is -0.371 e. The lowest BCUT2D eigenvalue weighted by atomic mass is 9.80. The summed E-state index contributed by atoms with van der Waals surface area (Å²) in [6, 6.07) is 6.97. The normalized spacial score (nSPS) is 21.9. The van der Waals surface area contributed by atoms with Crippen molar-refractivity contribution in [3.05, 3.63) is 35.4 Å². The Kier molecular flexibility index (Phi) is 3.05. The van der Waals surface area contributed by atoms with Crippen molar-refractivity contribution in [2.24, 2.45) is 0 Å². The molecule has 1 unspecified atom stereocenters. The van der Waals surface area contributed by atoms with Crippen LogP contribution in [0.1, 0.15) is 38.8 Å². The molecule has 0 N–H and O–H groups in total. The van der Waals surface area contributed by atoms with Crippen LogP contribution in [0.2, 0.25) is 0 Å². The maximum absolute atomic E-state index is 10.6. The molecule has 0 aliphatic carbocycles. The first-order valence-electron chi connectivity index (χ1n) is 6.39. The molecule has 2 rings (SSSR count). The van der Waals surface area contributed by atoms with Crippen LogP contribution in [0.4, 0.5) is 5.69 Å². The number of nitrogens with zero attached hydrogens (tertiary/aromatic N) is 1. The quantitative estimate of drug-likeness (QED) is 0.586. The Morgan fingerprint density at radius 1 is 1.39 bits per heavy atom. The number of allylic oxidation sites excluding steroid dienone is 2. The molecule has 0 radical (unpaired) electrons. The van der Waals surface area contributed by atoms with Crippen molar-refractivity contribution in [1.82, 2.24) is 0 Å². The number of fused-ring (bicyclic) bond motifs is 1. The van der Waals surface area contributed by atoms with Gasteiger partial charge in [0.05, 0.1) is 0 Å².